The van der Waals surface area contributed by atoms with Crippen molar-refractivity contribution in [1.29, 1.82) is 0 Å². The van der Waals surface area contributed by atoms with Gasteiger partial charge >= 0.3 is 11.9 Å². The lowest BCUT2D eigenvalue weighted by Crippen LogP contribution is -2.06. The summed E-state index contributed by atoms with van der Waals surface area (Å²) in [6, 6.07) is 12.9. The maximum Gasteiger partial charge on any atom is 0.305 e. The molecule has 10 nitrogen and oxygen atoms in total. The van der Waals surface area contributed by atoms with E-state index in [1.165, 1.54) is 31.2 Å². The van der Waals surface area contributed by atoms with E-state index < -0.39 is 11.9 Å². The number of benzene rings is 1. The fourth-order valence-corrected chi connectivity index (χ4v) is 4.55. The van der Waals surface area contributed by atoms with Crippen LogP contribution in [0.1, 0.15) is 107 Å². The number of nitrogens with zero attached hydrogens (tertiary/aromatic N) is 4. The monoisotopic (exact) mass is 638 g/mol. The van der Waals surface area contributed by atoms with Crippen LogP contribution in [0.5, 0.6) is 0 Å². The molecule has 1 fully saturated rings. The predicted molar refractivity (Wildman–Crippen MR) is 192 cm³/mol. The number of carboxylic acids is 2. The number of carbonyl (C=O) groups is 2. The SMILES string of the molecule is CC.CC.CC.CC(C)C(=O)O.CC(C)C(=O)O.Nc1ccc2ccc(CCC3CCC(n4ccc5c(N)ncnc54)C3)cc2n1. The van der Waals surface area contributed by atoms with E-state index in [9.17, 15) is 9.59 Å². The molecule has 0 aliphatic heterocycles. The zero-order valence-corrected chi connectivity index (χ0v) is 29.6. The lowest BCUT2D eigenvalue weighted by atomic mass is 9.97. The number of hydrogen-bond acceptors (Lipinski definition) is 7. The number of aliphatic carboxylic acids is 2. The van der Waals surface area contributed by atoms with Gasteiger partial charge in [0.1, 0.15) is 23.6 Å². The van der Waals surface area contributed by atoms with Crippen molar-refractivity contribution in [2.75, 3.05) is 11.5 Å². The molecule has 10 heteroatoms. The zero-order valence-electron chi connectivity index (χ0n) is 29.6. The van der Waals surface area contributed by atoms with Crippen LogP contribution in [0.4, 0.5) is 11.6 Å². The molecule has 0 radical (unpaired) electrons. The summed E-state index contributed by atoms with van der Waals surface area (Å²) in [5, 5.41) is 18.1. The minimum Gasteiger partial charge on any atom is -0.481 e. The van der Waals surface area contributed by atoms with Gasteiger partial charge in [-0.15, -0.1) is 0 Å². The van der Waals surface area contributed by atoms with Crippen molar-refractivity contribution in [3.05, 3.63) is 54.5 Å². The van der Waals surface area contributed by atoms with Crippen molar-refractivity contribution in [3.8, 4) is 0 Å². The number of pyridine rings is 1. The first kappa shape index (κ1) is 41.8. The van der Waals surface area contributed by atoms with Gasteiger partial charge < -0.3 is 26.2 Å². The van der Waals surface area contributed by atoms with E-state index in [4.69, 9.17) is 21.7 Å². The average Bonchev–Trinajstić information content (AvgIpc) is 3.71. The Morgan fingerprint density at radius 1 is 0.870 bits per heavy atom. The smallest absolute Gasteiger partial charge is 0.305 e. The van der Waals surface area contributed by atoms with E-state index in [1.807, 2.05) is 59.7 Å². The molecule has 0 bridgehead atoms. The lowest BCUT2D eigenvalue weighted by Gasteiger charge is -2.14. The summed E-state index contributed by atoms with van der Waals surface area (Å²) in [7, 11) is 0. The van der Waals surface area contributed by atoms with Crippen LogP contribution in [0.15, 0.2) is 48.9 Å². The van der Waals surface area contributed by atoms with Crippen molar-refractivity contribution in [1.82, 2.24) is 19.5 Å². The quantitative estimate of drug-likeness (QED) is 0.161. The van der Waals surface area contributed by atoms with Gasteiger partial charge in [-0.05, 0) is 67.9 Å². The number of fused-ring (bicyclic) bond motifs is 2. The Morgan fingerprint density at radius 2 is 1.43 bits per heavy atom. The maximum absolute atomic E-state index is 9.70. The maximum atomic E-state index is 9.70. The third-order valence-corrected chi connectivity index (χ3v) is 7.05. The van der Waals surface area contributed by atoms with Gasteiger partial charge in [0, 0.05) is 17.6 Å². The Hall–Kier alpha value is -4.21. The highest BCUT2D eigenvalue weighted by molar-refractivity contribution is 5.86. The molecule has 2 unspecified atom stereocenters. The molecule has 46 heavy (non-hydrogen) atoms. The third-order valence-electron chi connectivity index (χ3n) is 7.05. The topological polar surface area (TPSA) is 170 Å². The normalized spacial score (nSPS) is 14.7. The highest BCUT2D eigenvalue weighted by Gasteiger charge is 2.27. The van der Waals surface area contributed by atoms with Gasteiger partial charge in [-0.2, -0.15) is 0 Å². The van der Waals surface area contributed by atoms with Gasteiger partial charge in [0.05, 0.1) is 22.7 Å². The van der Waals surface area contributed by atoms with Gasteiger partial charge in [0.25, 0.3) is 0 Å². The van der Waals surface area contributed by atoms with Crippen LogP contribution < -0.4 is 11.5 Å². The first-order valence-electron chi connectivity index (χ1n) is 16.6. The minimum absolute atomic E-state index is 0.231. The number of anilines is 2. The molecular formula is C36H58N6O4. The summed E-state index contributed by atoms with van der Waals surface area (Å²) in [6.07, 6.45) is 9.57. The van der Waals surface area contributed by atoms with Crippen molar-refractivity contribution in [2.24, 2.45) is 17.8 Å². The summed E-state index contributed by atoms with van der Waals surface area (Å²) < 4.78 is 2.29. The fraction of sp³-hybridized carbons (Fsp3) is 0.528. The van der Waals surface area contributed by atoms with Crippen LogP contribution in [-0.2, 0) is 16.0 Å². The number of nitrogens with two attached hydrogens (primary N) is 2. The minimum atomic E-state index is -0.741. The van der Waals surface area contributed by atoms with Crippen LogP contribution in [0.3, 0.4) is 0 Å². The van der Waals surface area contributed by atoms with E-state index in [-0.39, 0.29) is 11.8 Å². The molecule has 0 spiro atoms. The van der Waals surface area contributed by atoms with Gasteiger partial charge in [-0.1, -0.05) is 81.4 Å². The van der Waals surface area contributed by atoms with Gasteiger partial charge in [0.2, 0.25) is 0 Å². The van der Waals surface area contributed by atoms with Crippen LogP contribution >= 0.6 is 0 Å². The molecule has 4 aromatic rings. The van der Waals surface area contributed by atoms with Gasteiger partial charge in [-0.3, -0.25) is 9.59 Å². The molecule has 6 N–H and O–H groups in total. The summed E-state index contributed by atoms with van der Waals surface area (Å²) in [5.74, 6) is -0.0818. The van der Waals surface area contributed by atoms with Gasteiger partial charge in [-0.25, -0.2) is 15.0 Å². The number of rotatable bonds is 6. The highest BCUT2D eigenvalue weighted by atomic mass is 16.4. The van der Waals surface area contributed by atoms with E-state index in [0.29, 0.717) is 17.7 Å². The second-order valence-electron chi connectivity index (χ2n) is 10.8. The standard InChI is InChI=1S/C22H24N6.2C4H8O2.3C2H6/c23-20-8-6-16-5-3-15(12-19(16)27-20)2-1-14-4-7-17(11-14)28-10-9-18-21(24)25-13-26-22(18)28;2*1-3(2)4(5)6;3*1-2/h3,5-6,8-10,12-14,17H,1-2,4,7,11H2,(H2,23,27)(H2,24,25,26);2*3H,1-2H3,(H,5,6);3*1-2H3. The molecule has 2 atom stereocenters. The molecule has 0 amide bonds. The number of aryl methyl sites for hydroxylation is 1. The Kier molecular flexibility index (Phi) is 20.3. The van der Waals surface area contributed by atoms with E-state index >= 15 is 0 Å². The average molecular weight is 639 g/mol. The Balaban J connectivity index is 0.000000943. The predicted octanol–water partition coefficient (Wildman–Crippen LogP) is 8.65. The lowest BCUT2D eigenvalue weighted by molar-refractivity contribution is -0.141. The molecule has 1 aliphatic carbocycles. The first-order chi connectivity index (χ1) is 22.0. The van der Waals surface area contributed by atoms with E-state index in [1.54, 1.807) is 34.0 Å². The number of hydrogen-bond donors (Lipinski definition) is 4. The van der Waals surface area contributed by atoms with Crippen LogP contribution in [-0.4, -0.2) is 41.7 Å². The molecular weight excluding hydrogens is 580 g/mol. The third kappa shape index (κ3) is 13.4. The molecule has 3 heterocycles. The Morgan fingerprint density at radius 3 is 2.00 bits per heavy atom. The molecule has 256 valence electrons. The Bertz CT molecular complexity index is 1430. The number of nitrogen functional groups attached to an aromatic ring is 2. The summed E-state index contributed by atoms with van der Waals surface area (Å²) >= 11 is 0. The number of carboxylic acid groups (broad SMARTS) is 2. The molecule has 1 saturated carbocycles. The molecule has 1 aliphatic rings. The van der Waals surface area contributed by atoms with E-state index in [2.05, 4.69) is 43.9 Å². The Labute approximate surface area is 275 Å². The molecule has 3 aromatic heterocycles. The molecule has 0 saturated heterocycles. The summed E-state index contributed by atoms with van der Waals surface area (Å²) in [5.41, 5.74) is 15.1. The zero-order chi connectivity index (χ0) is 35.4. The fourth-order valence-electron chi connectivity index (χ4n) is 4.55. The van der Waals surface area contributed by atoms with Crippen LogP contribution in [0, 0.1) is 17.8 Å². The second-order valence-corrected chi connectivity index (χ2v) is 10.8. The van der Waals surface area contributed by atoms with E-state index in [0.717, 1.165) is 34.3 Å². The highest BCUT2D eigenvalue weighted by Crippen LogP contribution is 2.39. The molecule has 5 rings (SSSR count). The largest absolute Gasteiger partial charge is 0.481 e. The van der Waals surface area contributed by atoms with Crippen molar-refractivity contribution < 1.29 is 19.8 Å². The molecule has 1 aromatic carbocycles. The number of aromatic nitrogens is 4. The summed E-state index contributed by atoms with van der Waals surface area (Å²) in [4.78, 5) is 32.4. The first-order valence-corrected chi connectivity index (χ1v) is 16.6. The van der Waals surface area contributed by atoms with Crippen molar-refractivity contribution in [3.63, 3.8) is 0 Å². The second kappa shape index (κ2) is 22.3. The summed E-state index contributed by atoms with van der Waals surface area (Å²) in [6.45, 7) is 18.6. The van der Waals surface area contributed by atoms with Crippen LogP contribution in [0.2, 0.25) is 0 Å². The van der Waals surface area contributed by atoms with Gasteiger partial charge in [0.15, 0.2) is 0 Å². The van der Waals surface area contributed by atoms with Crippen molar-refractivity contribution >= 4 is 45.5 Å². The van der Waals surface area contributed by atoms with Crippen molar-refractivity contribution in [2.45, 2.75) is 107 Å². The van der Waals surface area contributed by atoms with Crippen LogP contribution in [0.25, 0.3) is 21.9 Å².